The number of phenols is 4. The van der Waals surface area contributed by atoms with Gasteiger partial charge in [0.05, 0.1) is 5.16 Å². The van der Waals surface area contributed by atoms with E-state index in [1.165, 1.54) is 178 Å². The van der Waals surface area contributed by atoms with E-state index in [1.54, 1.807) is 0 Å². The molecule has 1 aliphatic rings. The van der Waals surface area contributed by atoms with E-state index in [0.29, 0.717) is 30.1 Å². The van der Waals surface area contributed by atoms with Crippen molar-refractivity contribution >= 4 is 20.0 Å². The number of hydrogen-bond acceptors (Lipinski definition) is 11. The summed E-state index contributed by atoms with van der Waals surface area (Å²) in [5.41, 5.74) is 3.76. The minimum absolute atomic E-state index is 0.0348. The number of ether oxygens (including phenoxy) is 2. The van der Waals surface area contributed by atoms with Crippen molar-refractivity contribution in [1.29, 1.82) is 0 Å². The van der Waals surface area contributed by atoms with Gasteiger partial charge in [0, 0.05) is 33.4 Å². The zero-order chi connectivity index (χ0) is 82.9. The van der Waals surface area contributed by atoms with E-state index in [-0.39, 0.29) is 61.5 Å². The Hall–Kier alpha value is -5.23. The molecular weight excluding hydrogens is 1390 g/mol. The number of hydroxylamine groups is 2. The molecule has 110 heavy (non-hydrogen) atoms. The monoisotopic (exact) mass is 1550 g/mol. The van der Waals surface area contributed by atoms with Crippen molar-refractivity contribution in [2.75, 3.05) is 0 Å². The lowest BCUT2D eigenvalue weighted by Crippen LogP contribution is -2.43. The van der Waals surface area contributed by atoms with Gasteiger partial charge in [0.1, 0.15) is 40.8 Å². The number of phenolic OH excluding ortho intramolecular Hbond substituents is 4. The van der Waals surface area contributed by atoms with Gasteiger partial charge in [-0.3, -0.25) is 4.57 Å². The first-order valence-corrected chi connectivity index (χ1v) is 45.0. The number of aliphatic imine (C=N–C) groups is 2. The molecule has 1 atom stereocenters. The van der Waals surface area contributed by atoms with Crippen LogP contribution in [0.1, 0.15) is 448 Å². The number of unbranched alkanes of at least 4 members (excludes halogenated alkanes) is 30. The molecule has 0 fully saturated rings. The van der Waals surface area contributed by atoms with E-state index in [2.05, 4.69) is 60.4 Å². The molecule has 0 aliphatic carbocycles. The van der Waals surface area contributed by atoms with Crippen LogP contribution < -0.4 is 14.3 Å². The van der Waals surface area contributed by atoms with Gasteiger partial charge >= 0.3 is 20.0 Å². The molecule has 6 N–H and O–H groups in total. The molecule has 0 spiro atoms. The third kappa shape index (κ3) is 31.2. The zero-order valence-corrected chi connectivity index (χ0v) is 75.8. The highest BCUT2D eigenvalue weighted by molar-refractivity contribution is 7.53. The SMILES string of the molecule is CC(C)(C)c1cc(OC2=NC(Oc3cc(C(C)(C)C)c(O)c(C(C)(C)C)c3)N(Oc3cc(C(C)(C)C)c(O)c(C(C)(C)C)c3)C=N2)cc(C(C)(C)C)c1O.CCCCCCCCCCCCCCCCCCC(CCCCCCCCCCCCCCCCCC)(c1cc(C(C)(C)C)c(O)c(C(C)(C)C)c1)P(=O)(O)O. The van der Waals surface area contributed by atoms with E-state index < -0.39 is 29.9 Å². The topological polar surface area (TPSA) is 194 Å². The summed E-state index contributed by atoms with van der Waals surface area (Å²) in [6.45, 7) is 53.9. The van der Waals surface area contributed by atoms with Gasteiger partial charge in [-0.2, -0.15) is 9.98 Å². The van der Waals surface area contributed by atoms with Gasteiger partial charge < -0.3 is 44.5 Å². The lowest BCUT2D eigenvalue weighted by Gasteiger charge is -2.38. The highest BCUT2D eigenvalue weighted by atomic mass is 31.2. The smallest absolute Gasteiger partial charge is 0.335 e. The van der Waals surface area contributed by atoms with E-state index in [1.807, 2.05) is 173 Å². The molecule has 0 saturated carbocycles. The van der Waals surface area contributed by atoms with Crippen molar-refractivity contribution in [3.05, 3.63) is 98.6 Å². The first-order valence-electron chi connectivity index (χ1n) is 43.4. The number of amidine groups is 1. The van der Waals surface area contributed by atoms with Crippen molar-refractivity contribution in [3.63, 3.8) is 0 Å². The van der Waals surface area contributed by atoms with Crippen molar-refractivity contribution in [2.45, 2.75) is 453 Å². The third-order valence-electron chi connectivity index (χ3n) is 22.2. The van der Waals surface area contributed by atoms with Gasteiger partial charge in [0.25, 0.3) is 0 Å². The van der Waals surface area contributed by atoms with Crippen LogP contribution in [0.2, 0.25) is 0 Å². The van der Waals surface area contributed by atoms with Crippen LogP contribution in [-0.2, 0) is 53.0 Å². The molecule has 5 rings (SSSR count). The fraction of sp³-hybridized carbons (Fsp3) is 0.729. The first kappa shape index (κ1) is 97.1. The van der Waals surface area contributed by atoms with Crippen LogP contribution in [0.5, 0.6) is 40.2 Å². The molecule has 626 valence electrons. The van der Waals surface area contributed by atoms with E-state index in [4.69, 9.17) is 19.3 Å². The molecule has 1 aliphatic heterocycles. The fourth-order valence-corrected chi connectivity index (χ4v) is 16.5. The van der Waals surface area contributed by atoms with Crippen LogP contribution in [0.3, 0.4) is 0 Å². The summed E-state index contributed by atoms with van der Waals surface area (Å²) in [6, 6.07) is 14.9. The average molecular weight is 1550 g/mol. The summed E-state index contributed by atoms with van der Waals surface area (Å²) in [5, 5.41) is 45.8. The predicted molar refractivity (Wildman–Crippen MR) is 468 cm³/mol. The molecule has 0 saturated heterocycles. The van der Waals surface area contributed by atoms with Crippen molar-refractivity contribution < 1.29 is 49.1 Å². The maximum atomic E-state index is 13.9. The maximum Gasteiger partial charge on any atom is 0.335 e. The largest absolute Gasteiger partial charge is 0.507 e. The second-order valence-corrected chi connectivity index (χ2v) is 42.8. The second kappa shape index (κ2) is 42.9. The Morgan fingerprint density at radius 1 is 0.336 bits per heavy atom. The minimum Gasteiger partial charge on any atom is -0.507 e. The molecule has 4 aromatic carbocycles. The summed E-state index contributed by atoms with van der Waals surface area (Å²) < 4.78 is 26.9. The molecule has 0 aromatic heterocycles. The van der Waals surface area contributed by atoms with Crippen LogP contribution in [0.4, 0.5) is 0 Å². The first-order chi connectivity index (χ1) is 50.9. The molecule has 0 radical (unpaired) electrons. The Bertz CT molecular complexity index is 3350. The summed E-state index contributed by atoms with van der Waals surface area (Å²) in [5.74, 6) is 2.42. The van der Waals surface area contributed by atoms with Crippen LogP contribution in [0.25, 0.3) is 0 Å². The maximum absolute atomic E-state index is 13.9. The van der Waals surface area contributed by atoms with Crippen LogP contribution in [0.15, 0.2) is 58.5 Å². The summed E-state index contributed by atoms with van der Waals surface area (Å²) in [6.07, 6.45) is 42.4. The molecule has 4 aromatic rings. The second-order valence-electron chi connectivity index (χ2n) is 40.9. The Kier molecular flexibility index (Phi) is 37.9. The number of aromatic hydroxyl groups is 4. The van der Waals surface area contributed by atoms with Gasteiger partial charge in [-0.05, 0) is 109 Å². The van der Waals surface area contributed by atoms with Crippen LogP contribution in [0, 0.1) is 0 Å². The minimum atomic E-state index is -4.55. The third-order valence-corrected chi connectivity index (χ3v) is 24.0. The lowest BCUT2D eigenvalue weighted by molar-refractivity contribution is -0.0934. The van der Waals surface area contributed by atoms with Gasteiger partial charge in [0.15, 0.2) is 5.75 Å². The van der Waals surface area contributed by atoms with Gasteiger partial charge in [-0.15, -0.1) is 5.06 Å². The molecule has 0 bridgehead atoms. The van der Waals surface area contributed by atoms with Crippen molar-refractivity contribution in [3.8, 4) is 40.2 Å². The van der Waals surface area contributed by atoms with Gasteiger partial charge in [-0.1, -0.05) is 398 Å². The van der Waals surface area contributed by atoms with Crippen LogP contribution >= 0.6 is 7.60 Å². The standard InChI is InChI=1S/C51H97O4P.C45H65N3O6/c1-9-11-13-15-17-19-21-23-25-27-29-31-33-35-37-39-41-51(56(53,54)55,45-43-46(49(3,4)5)48(52)47(44-45)50(6,7)8)42-40-38-36-34-32-30-28-26-24-22-20-18-16-14-12-10-2;1-40(2,3)29-19-26(20-30(35(29)49)41(4,5)6)52-38-46-25-48(54-28-23-33(44(13,14)15)37(51)34(24-28)45(16,17)18)39(47-38)53-27-21-31(42(7,8)9)36(50)32(22-27)43(10,11)12/h43-44,52H,9-42H2,1-8H3,(H2,53,54,55);19-25,39,49-51H,1-18H3. The number of benzene rings is 4. The zero-order valence-electron chi connectivity index (χ0n) is 74.9. The van der Waals surface area contributed by atoms with Crippen molar-refractivity contribution in [1.82, 2.24) is 5.06 Å². The summed E-state index contributed by atoms with van der Waals surface area (Å²) >= 11 is 0. The summed E-state index contributed by atoms with van der Waals surface area (Å²) in [4.78, 5) is 38.6. The fourth-order valence-electron chi connectivity index (χ4n) is 15.2. The Morgan fingerprint density at radius 3 is 0.809 bits per heavy atom. The Balaban J connectivity index is 0.000000464. The van der Waals surface area contributed by atoms with E-state index in [9.17, 15) is 34.8 Å². The highest BCUT2D eigenvalue weighted by Gasteiger charge is 2.49. The number of hydrogen-bond donors (Lipinski definition) is 6. The molecule has 0 amide bonds. The molecular formula is C96H162N3O10P. The van der Waals surface area contributed by atoms with Gasteiger partial charge in [0.2, 0.25) is 0 Å². The normalized spacial score (nSPS) is 14.4. The summed E-state index contributed by atoms with van der Waals surface area (Å²) in [7, 11) is -4.55. The van der Waals surface area contributed by atoms with Crippen LogP contribution in [-0.4, -0.2) is 54.0 Å². The molecule has 1 heterocycles. The number of rotatable bonds is 41. The van der Waals surface area contributed by atoms with Gasteiger partial charge in [-0.25, -0.2) is 0 Å². The average Bonchev–Trinajstić information content (AvgIpc) is 0.746. The lowest BCUT2D eigenvalue weighted by atomic mass is 9.75. The van der Waals surface area contributed by atoms with E-state index in [0.717, 1.165) is 88.6 Å². The molecule has 1 unspecified atom stereocenters. The Labute approximate surface area is 672 Å². The number of nitrogens with zero attached hydrogens (tertiary/aromatic N) is 3. The molecule has 14 heteroatoms. The predicted octanol–water partition coefficient (Wildman–Crippen LogP) is 28.7. The van der Waals surface area contributed by atoms with Crippen molar-refractivity contribution in [2.24, 2.45) is 9.98 Å². The quantitative estimate of drug-likeness (QED) is 0.0183. The van der Waals surface area contributed by atoms with E-state index >= 15 is 0 Å². The highest BCUT2D eigenvalue weighted by Crippen LogP contribution is 2.64. The Morgan fingerprint density at radius 2 is 0.564 bits per heavy atom. The molecule has 13 nitrogen and oxygen atoms in total.